The van der Waals surface area contributed by atoms with Crippen LogP contribution in [0.2, 0.25) is 0 Å². The number of rotatable bonds is 5. The molecule has 0 saturated carbocycles. The number of hydrogen-bond acceptors (Lipinski definition) is 4. The molecule has 0 aliphatic rings. The van der Waals surface area contributed by atoms with E-state index in [0.29, 0.717) is 16.7 Å². The molecule has 0 amide bonds. The molecule has 0 saturated heterocycles. The second kappa shape index (κ2) is 5.75. The van der Waals surface area contributed by atoms with Gasteiger partial charge in [-0.2, -0.15) is 0 Å². The normalized spacial score (nSPS) is 10.5. The Hall–Kier alpha value is -1.23. The predicted octanol–water partition coefficient (Wildman–Crippen LogP) is 1.74. The topological polar surface area (TPSA) is 55.0 Å². The Labute approximate surface area is 102 Å². The van der Waals surface area contributed by atoms with E-state index in [1.165, 1.54) is 0 Å². The van der Waals surface area contributed by atoms with Gasteiger partial charge in [-0.05, 0) is 20.3 Å². The van der Waals surface area contributed by atoms with Gasteiger partial charge < -0.3 is 10.6 Å². The van der Waals surface area contributed by atoms with Gasteiger partial charge in [-0.3, -0.25) is 0 Å². The molecular formula is C11H18N4S. The molecule has 0 aliphatic heterocycles. The average Bonchev–Trinajstić information content (AvgIpc) is 2.25. The number of nitrogens with two attached hydrogens (primary N) is 1. The fourth-order valence-electron chi connectivity index (χ4n) is 1.56. The molecule has 0 aliphatic carbocycles. The van der Waals surface area contributed by atoms with Crippen molar-refractivity contribution in [1.82, 2.24) is 9.97 Å². The van der Waals surface area contributed by atoms with Crippen molar-refractivity contribution in [3.63, 3.8) is 0 Å². The van der Waals surface area contributed by atoms with E-state index in [4.69, 9.17) is 18.0 Å². The van der Waals surface area contributed by atoms with Crippen LogP contribution in [0.1, 0.15) is 32.9 Å². The lowest BCUT2D eigenvalue weighted by Crippen LogP contribution is -2.34. The summed E-state index contributed by atoms with van der Waals surface area (Å²) in [5.74, 6) is 0.784. The largest absolute Gasteiger partial charge is 0.388 e. The standard InChI is InChI=1S/C11H18N4S/c1-4-7-15(8(2)3)11-9(10(12)16)13-5-6-14-11/h5-6,8H,4,7H2,1-3H3,(H2,12,16). The maximum atomic E-state index is 5.65. The fraction of sp³-hybridized carbons (Fsp3) is 0.545. The maximum absolute atomic E-state index is 5.65. The van der Waals surface area contributed by atoms with Crippen LogP contribution in [-0.4, -0.2) is 27.5 Å². The predicted molar refractivity (Wildman–Crippen MR) is 70.7 cm³/mol. The van der Waals surface area contributed by atoms with Gasteiger partial charge in [-0.1, -0.05) is 19.1 Å². The van der Waals surface area contributed by atoms with Crippen molar-refractivity contribution < 1.29 is 0 Å². The molecule has 0 atom stereocenters. The van der Waals surface area contributed by atoms with Crippen molar-refractivity contribution in [3.8, 4) is 0 Å². The Balaban J connectivity index is 3.12. The first kappa shape index (κ1) is 12.8. The van der Waals surface area contributed by atoms with Crippen molar-refractivity contribution in [2.24, 2.45) is 5.73 Å². The van der Waals surface area contributed by atoms with E-state index in [1.54, 1.807) is 12.4 Å². The number of aromatic nitrogens is 2. The second-order valence-corrected chi connectivity index (χ2v) is 4.32. The van der Waals surface area contributed by atoms with Crippen LogP contribution in [0.4, 0.5) is 5.82 Å². The minimum absolute atomic E-state index is 0.296. The van der Waals surface area contributed by atoms with E-state index in [0.717, 1.165) is 18.8 Å². The summed E-state index contributed by atoms with van der Waals surface area (Å²) in [7, 11) is 0. The zero-order chi connectivity index (χ0) is 12.1. The lowest BCUT2D eigenvalue weighted by Gasteiger charge is -2.28. The van der Waals surface area contributed by atoms with Crippen molar-refractivity contribution in [3.05, 3.63) is 18.1 Å². The Morgan fingerprint density at radius 2 is 2.06 bits per heavy atom. The monoisotopic (exact) mass is 238 g/mol. The Bertz CT molecular complexity index is 365. The van der Waals surface area contributed by atoms with Gasteiger partial charge in [0.25, 0.3) is 0 Å². The SMILES string of the molecule is CCCN(c1nccnc1C(N)=S)C(C)C. The van der Waals surface area contributed by atoms with E-state index in [1.807, 2.05) is 0 Å². The minimum Gasteiger partial charge on any atom is -0.388 e. The van der Waals surface area contributed by atoms with Crippen molar-refractivity contribution in [1.29, 1.82) is 0 Å². The zero-order valence-electron chi connectivity index (χ0n) is 9.97. The van der Waals surface area contributed by atoms with Crippen LogP contribution in [0.5, 0.6) is 0 Å². The van der Waals surface area contributed by atoms with Crippen LogP contribution in [0.3, 0.4) is 0 Å². The number of anilines is 1. The van der Waals surface area contributed by atoms with Gasteiger partial charge >= 0.3 is 0 Å². The summed E-state index contributed by atoms with van der Waals surface area (Å²) in [4.78, 5) is 11.0. The van der Waals surface area contributed by atoms with E-state index < -0.39 is 0 Å². The maximum Gasteiger partial charge on any atom is 0.157 e. The lowest BCUT2D eigenvalue weighted by molar-refractivity contribution is 0.659. The van der Waals surface area contributed by atoms with Crippen LogP contribution in [0, 0.1) is 0 Å². The van der Waals surface area contributed by atoms with Crippen molar-refractivity contribution >= 4 is 23.0 Å². The number of thiocarbonyl (C=S) groups is 1. The molecule has 0 bridgehead atoms. The first-order valence-electron chi connectivity index (χ1n) is 5.45. The molecule has 4 nitrogen and oxygen atoms in total. The highest BCUT2D eigenvalue weighted by atomic mass is 32.1. The van der Waals surface area contributed by atoms with Gasteiger partial charge in [0.1, 0.15) is 10.7 Å². The first-order chi connectivity index (χ1) is 7.57. The zero-order valence-corrected chi connectivity index (χ0v) is 10.8. The van der Waals surface area contributed by atoms with Crippen LogP contribution < -0.4 is 10.6 Å². The van der Waals surface area contributed by atoms with Gasteiger partial charge in [0.05, 0.1) is 0 Å². The average molecular weight is 238 g/mol. The molecule has 1 aromatic heterocycles. The third-order valence-corrected chi connectivity index (χ3v) is 2.47. The molecule has 1 rings (SSSR count). The summed E-state index contributed by atoms with van der Waals surface area (Å²) >= 11 is 4.99. The van der Waals surface area contributed by atoms with Crippen LogP contribution in [-0.2, 0) is 0 Å². The summed E-state index contributed by atoms with van der Waals surface area (Å²) in [6.07, 6.45) is 4.33. The molecular weight excluding hydrogens is 220 g/mol. The molecule has 88 valence electrons. The van der Waals surface area contributed by atoms with E-state index in [2.05, 4.69) is 35.6 Å². The van der Waals surface area contributed by atoms with Crippen LogP contribution >= 0.6 is 12.2 Å². The van der Waals surface area contributed by atoms with E-state index in [9.17, 15) is 0 Å². The Kier molecular flexibility index (Phi) is 4.61. The van der Waals surface area contributed by atoms with Gasteiger partial charge in [0.2, 0.25) is 0 Å². The highest BCUT2D eigenvalue weighted by molar-refractivity contribution is 7.80. The molecule has 1 aromatic rings. The fourth-order valence-corrected chi connectivity index (χ4v) is 1.71. The third kappa shape index (κ3) is 2.88. The summed E-state index contributed by atoms with van der Waals surface area (Å²) in [5.41, 5.74) is 6.26. The quantitative estimate of drug-likeness (QED) is 0.792. The molecule has 5 heteroatoms. The highest BCUT2D eigenvalue weighted by Gasteiger charge is 2.17. The second-order valence-electron chi connectivity index (χ2n) is 3.88. The van der Waals surface area contributed by atoms with Crippen molar-refractivity contribution in [2.75, 3.05) is 11.4 Å². The number of nitrogens with zero attached hydrogens (tertiary/aromatic N) is 3. The van der Waals surface area contributed by atoms with Crippen LogP contribution in [0.15, 0.2) is 12.4 Å². The highest BCUT2D eigenvalue weighted by Crippen LogP contribution is 2.17. The summed E-state index contributed by atoms with van der Waals surface area (Å²) in [5, 5.41) is 0. The van der Waals surface area contributed by atoms with E-state index in [-0.39, 0.29) is 0 Å². The third-order valence-electron chi connectivity index (χ3n) is 2.27. The summed E-state index contributed by atoms with van der Waals surface area (Å²) in [6.45, 7) is 7.29. The van der Waals surface area contributed by atoms with Gasteiger partial charge in [0, 0.05) is 25.0 Å². The molecule has 2 N–H and O–H groups in total. The molecule has 1 heterocycles. The van der Waals surface area contributed by atoms with Gasteiger partial charge in [-0.15, -0.1) is 0 Å². The van der Waals surface area contributed by atoms with Gasteiger partial charge in [0.15, 0.2) is 5.82 Å². The smallest absolute Gasteiger partial charge is 0.157 e. The Morgan fingerprint density at radius 3 is 2.56 bits per heavy atom. The van der Waals surface area contributed by atoms with Gasteiger partial charge in [-0.25, -0.2) is 9.97 Å². The summed E-state index contributed by atoms with van der Waals surface area (Å²) in [6, 6.07) is 0.352. The Morgan fingerprint density at radius 1 is 1.44 bits per heavy atom. The molecule has 0 fully saturated rings. The van der Waals surface area contributed by atoms with E-state index >= 15 is 0 Å². The molecule has 0 aromatic carbocycles. The number of hydrogen-bond donors (Lipinski definition) is 1. The molecule has 0 unspecified atom stereocenters. The van der Waals surface area contributed by atoms with Crippen molar-refractivity contribution in [2.45, 2.75) is 33.2 Å². The lowest BCUT2D eigenvalue weighted by atomic mass is 10.2. The van der Waals surface area contributed by atoms with Crippen LogP contribution in [0.25, 0.3) is 0 Å². The summed E-state index contributed by atoms with van der Waals surface area (Å²) < 4.78 is 0. The minimum atomic E-state index is 0.296. The molecule has 0 radical (unpaired) electrons. The molecule has 0 spiro atoms. The molecule has 16 heavy (non-hydrogen) atoms. The first-order valence-corrected chi connectivity index (χ1v) is 5.86.